The summed E-state index contributed by atoms with van der Waals surface area (Å²) < 4.78 is 5.40. The summed E-state index contributed by atoms with van der Waals surface area (Å²) in [5.41, 5.74) is 7.55. The minimum Gasteiger partial charge on any atom is -0.494 e. The van der Waals surface area contributed by atoms with Gasteiger partial charge in [-0.05, 0) is 44.0 Å². The van der Waals surface area contributed by atoms with Gasteiger partial charge in [0.2, 0.25) is 5.91 Å². The van der Waals surface area contributed by atoms with E-state index in [9.17, 15) is 4.79 Å². The van der Waals surface area contributed by atoms with Crippen molar-refractivity contribution in [1.29, 1.82) is 0 Å². The first-order valence-electron chi connectivity index (χ1n) is 6.35. The van der Waals surface area contributed by atoms with Gasteiger partial charge in [0.15, 0.2) is 0 Å². The number of carbonyl (C=O) groups excluding carboxylic acids is 1. The van der Waals surface area contributed by atoms with E-state index in [2.05, 4.69) is 5.32 Å². The number of nitrogens with one attached hydrogen (secondary N) is 1. The van der Waals surface area contributed by atoms with Crippen molar-refractivity contribution < 1.29 is 9.53 Å². The van der Waals surface area contributed by atoms with Crippen LogP contribution in [-0.2, 0) is 4.79 Å². The molecule has 0 aliphatic rings. The fourth-order valence-corrected chi connectivity index (χ4v) is 1.62. The quantitative estimate of drug-likeness (QED) is 0.815. The molecule has 1 atom stereocenters. The fourth-order valence-electron chi connectivity index (χ4n) is 1.62. The highest BCUT2D eigenvalue weighted by molar-refractivity contribution is 5.91. The second-order valence-electron chi connectivity index (χ2n) is 4.33. The van der Waals surface area contributed by atoms with Crippen molar-refractivity contribution >= 4 is 11.6 Å². The Hall–Kier alpha value is -1.55. The summed E-state index contributed by atoms with van der Waals surface area (Å²) >= 11 is 0. The highest BCUT2D eigenvalue weighted by Gasteiger charge is 2.09. The second kappa shape index (κ2) is 7.01. The van der Waals surface area contributed by atoms with Crippen molar-refractivity contribution in [3.63, 3.8) is 0 Å². The summed E-state index contributed by atoms with van der Waals surface area (Å²) in [6.45, 7) is 6.49. The highest BCUT2D eigenvalue weighted by atomic mass is 16.5. The predicted molar refractivity (Wildman–Crippen MR) is 73.9 cm³/mol. The summed E-state index contributed by atoms with van der Waals surface area (Å²) in [4.78, 5) is 11.7. The van der Waals surface area contributed by atoms with Crippen LogP contribution < -0.4 is 15.8 Å². The molecule has 1 unspecified atom stereocenters. The molecule has 0 fully saturated rings. The van der Waals surface area contributed by atoms with Crippen LogP contribution in [0.2, 0.25) is 0 Å². The maximum Gasteiger partial charge on any atom is 0.225 e. The Morgan fingerprint density at radius 1 is 1.44 bits per heavy atom. The van der Waals surface area contributed by atoms with Crippen LogP contribution in [0.1, 0.15) is 32.3 Å². The molecule has 3 N–H and O–H groups in total. The summed E-state index contributed by atoms with van der Waals surface area (Å²) in [6, 6.07) is 5.55. The third kappa shape index (κ3) is 4.37. The number of nitrogens with two attached hydrogens (primary N) is 1. The molecule has 0 saturated carbocycles. The molecule has 0 aliphatic carbocycles. The zero-order chi connectivity index (χ0) is 13.5. The molecule has 0 aliphatic heterocycles. The minimum atomic E-state index is -0.0759. The Morgan fingerprint density at radius 2 is 2.17 bits per heavy atom. The van der Waals surface area contributed by atoms with E-state index in [4.69, 9.17) is 10.5 Å². The maximum atomic E-state index is 11.7. The molecule has 4 heteroatoms. The number of rotatable bonds is 6. The van der Waals surface area contributed by atoms with Gasteiger partial charge in [0.25, 0.3) is 0 Å². The standard InChI is InChI=1S/C14H22N2O2/c1-4-11(15)9-14(17)16-13-7-6-12(18-5-2)8-10(13)3/h6-8,11H,4-5,9,15H2,1-3H3,(H,16,17). The Morgan fingerprint density at radius 3 is 2.72 bits per heavy atom. The monoisotopic (exact) mass is 250 g/mol. The highest BCUT2D eigenvalue weighted by Crippen LogP contribution is 2.21. The van der Waals surface area contributed by atoms with Crippen LogP contribution >= 0.6 is 0 Å². The van der Waals surface area contributed by atoms with E-state index in [1.807, 2.05) is 39.0 Å². The number of hydrogen-bond donors (Lipinski definition) is 2. The number of anilines is 1. The first-order chi connectivity index (χ1) is 8.56. The number of hydrogen-bond acceptors (Lipinski definition) is 3. The maximum absolute atomic E-state index is 11.7. The molecule has 4 nitrogen and oxygen atoms in total. The third-order valence-corrected chi connectivity index (χ3v) is 2.75. The molecule has 1 amide bonds. The predicted octanol–water partition coefficient (Wildman–Crippen LogP) is 2.46. The van der Waals surface area contributed by atoms with E-state index in [0.29, 0.717) is 13.0 Å². The van der Waals surface area contributed by atoms with Gasteiger partial charge < -0.3 is 15.8 Å². The Balaban J connectivity index is 2.64. The minimum absolute atomic E-state index is 0.0448. The van der Waals surface area contributed by atoms with Gasteiger partial charge in [-0.2, -0.15) is 0 Å². The van der Waals surface area contributed by atoms with E-state index in [-0.39, 0.29) is 11.9 Å². The first-order valence-corrected chi connectivity index (χ1v) is 6.35. The molecule has 1 aromatic carbocycles. The van der Waals surface area contributed by atoms with Crippen LogP contribution in [-0.4, -0.2) is 18.6 Å². The van der Waals surface area contributed by atoms with Crippen LogP contribution in [0.4, 0.5) is 5.69 Å². The summed E-state index contributed by atoms with van der Waals surface area (Å²) in [5, 5.41) is 2.87. The molecule has 0 saturated heterocycles. The normalized spacial score (nSPS) is 12.0. The van der Waals surface area contributed by atoms with Gasteiger partial charge >= 0.3 is 0 Å². The van der Waals surface area contributed by atoms with Crippen molar-refractivity contribution in [2.45, 2.75) is 39.7 Å². The Kier molecular flexibility index (Phi) is 5.65. The topological polar surface area (TPSA) is 64.3 Å². The molecule has 0 aromatic heterocycles. The molecule has 0 bridgehead atoms. The van der Waals surface area contributed by atoms with Crippen LogP contribution in [0.5, 0.6) is 5.75 Å². The van der Waals surface area contributed by atoms with Crippen LogP contribution in [0, 0.1) is 6.92 Å². The Labute approximate surface area is 109 Å². The lowest BCUT2D eigenvalue weighted by molar-refractivity contribution is -0.116. The summed E-state index contributed by atoms with van der Waals surface area (Å²) in [6.07, 6.45) is 1.15. The summed E-state index contributed by atoms with van der Waals surface area (Å²) in [7, 11) is 0. The van der Waals surface area contributed by atoms with Gasteiger partial charge in [0, 0.05) is 18.2 Å². The third-order valence-electron chi connectivity index (χ3n) is 2.75. The molecule has 1 aromatic rings. The van der Waals surface area contributed by atoms with Crippen LogP contribution in [0.3, 0.4) is 0 Å². The lowest BCUT2D eigenvalue weighted by Crippen LogP contribution is -2.26. The first kappa shape index (κ1) is 14.5. The molecule has 100 valence electrons. The SMILES string of the molecule is CCOc1ccc(NC(=O)CC(N)CC)c(C)c1. The second-order valence-corrected chi connectivity index (χ2v) is 4.33. The van der Waals surface area contributed by atoms with E-state index in [1.54, 1.807) is 0 Å². The lowest BCUT2D eigenvalue weighted by Gasteiger charge is -2.12. The molecule has 0 radical (unpaired) electrons. The number of carbonyl (C=O) groups is 1. The van der Waals surface area contributed by atoms with E-state index < -0.39 is 0 Å². The fraction of sp³-hybridized carbons (Fsp3) is 0.500. The van der Waals surface area contributed by atoms with Gasteiger partial charge in [0.1, 0.15) is 5.75 Å². The smallest absolute Gasteiger partial charge is 0.225 e. The zero-order valence-corrected chi connectivity index (χ0v) is 11.3. The van der Waals surface area contributed by atoms with Crippen molar-refractivity contribution in [2.24, 2.45) is 5.73 Å². The number of aryl methyl sites for hydroxylation is 1. The molecule has 1 rings (SSSR count). The molecule has 0 heterocycles. The van der Waals surface area contributed by atoms with Gasteiger partial charge in [-0.25, -0.2) is 0 Å². The van der Waals surface area contributed by atoms with Crippen molar-refractivity contribution in [1.82, 2.24) is 0 Å². The molecule has 18 heavy (non-hydrogen) atoms. The number of ether oxygens (including phenoxy) is 1. The van der Waals surface area contributed by atoms with Gasteiger partial charge in [-0.15, -0.1) is 0 Å². The van der Waals surface area contributed by atoms with E-state index in [0.717, 1.165) is 23.4 Å². The number of benzene rings is 1. The summed E-state index contributed by atoms with van der Waals surface area (Å²) in [5.74, 6) is 0.773. The largest absolute Gasteiger partial charge is 0.494 e. The van der Waals surface area contributed by atoms with Crippen molar-refractivity contribution in [3.8, 4) is 5.75 Å². The number of amides is 1. The molecule has 0 spiro atoms. The average molecular weight is 250 g/mol. The average Bonchev–Trinajstić information content (AvgIpc) is 2.33. The van der Waals surface area contributed by atoms with Gasteiger partial charge in [-0.1, -0.05) is 6.92 Å². The van der Waals surface area contributed by atoms with Crippen LogP contribution in [0.15, 0.2) is 18.2 Å². The van der Waals surface area contributed by atoms with Crippen molar-refractivity contribution in [3.05, 3.63) is 23.8 Å². The molecular weight excluding hydrogens is 228 g/mol. The lowest BCUT2D eigenvalue weighted by atomic mass is 10.1. The van der Waals surface area contributed by atoms with Gasteiger partial charge in [-0.3, -0.25) is 4.79 Å². The van der Waals surface area contributed by atoms with Crippen molar-refractivity contribution in [2.75, 3.05) is 11.9 Å². The van der Waals surface area contributed by atoms with E-state index >= 15 is 0 Å². The Bertz CT molecular complexity index is 405. The van der Waals surface area contributed by atoms with E-state index in [1.165, 1.54) is 0 Å². The van der Waals surface area contributed by atoms with Gasteiger partial charge in [0.05, 0.1) is 6.61 Å². The zero-order valence-electron chi connectivity index (χ0n) is 11.3. The molecular formula is C14H22N2O2. The van der Waals surface area contributed by atoms with Crippen LogP contribution in [0.25, 0.3) is 0 Å².